The summed E-state index contributed by atoms with van der Waals surface area (Å²) in [6.07, 6.45) is 1.58. The Kier molecular flexibility index (Phi) is 4.65. The van der Waals surface area contributed by atoms with Crippen molar-refractivity contribution in [1.29, 1.82) is 0 Å². The highest BCUT2D eigenvalue weighted by Gasteiger charge is 2.30. The van der Waals surface area contributed by atoms with Crippen LogP contribution in [0.25, 0.3) is 0 Å². The third kappa shape index (κ3) is 3.18. The van der Waals surface area contributed by atoms with Gasteiger partial charge in [-0.2, -0.15) is 4.31 Å². The van der Waals surface area contributed by atoms with Crippen LogP contribution in [0.5, 0.6) is 0 Å². The normalized spacial score (nSPS) is 18.9. The molecular weight excluding hydrogens is 332 g/mol. The first-order valence-corrected chi connectivity index (χ1v) is 8.79. The predicted octanol–water partition coefficient (Wildman–Crippen LogP) is 0.430. The highest BCUT2D eigenvalue weighted by Crippen LogP contribution is 2.16. The van der Waals surface area contributed by atoms with Crippen molar-refractivity contribution in [2.45, 2.75) is 11.9 Å². The number of aryl methyl sites for hydroxylation is 2. The van der Waals surface area contributed by atoms with E-state index in [0.717, 1.165) is 25.0 Å². The van der Waals surface area contributed by atoms with Gasteiger partial charge in [0.15, 0.2) is 5.03 Å². The lowest BCUT2D eigenvalue weighted by molar-refractivity contribution is 0.198. The lowest BCUT2D eigenvalue weighted by Crippen LogP contribution is -2.49. The van der Waals surface area contributed by atoms with Crippen molar-refractivity contribution in [1.82, 2.24) is 18.8 Å². The zero-order valence-corrected chi connectivity index (χ0v) is 13.6. The van der Waals surface area contributed by atoms with Crippen LogP contribution in [0.4, 0.5) is 0 Å². The first kappa shape index (κ1) is 15.0. The summed E-state index contributed by atoms with van der Waals surface area (Å²) in [4.78, 5) is 6.38. The summed E-state index contributed by atoms with van der Waals surface area (Å²) in [7, 11) is -1.64. The third-order valence-corrected chi connectivity index (χ3v) is 5.55. The van der Waals surface area contributed by atoms with E-state index in [4.69, 9.17) is 0 Å². The Bertz CT molecular complexity index is 515. The van der Waals surface area contributed by atoms with Gasteiger partial charge >= 0.3 is 0 Å². The van der Waals surface area contributed by atoms with E-state index in [1.807, 2.05) is 0 Å². The van der Waals surface area contributed by atoms with Crippen LogP contribution in [-0.2, 0) is 17.1 Å². The fourth-order valence-electron chi connectivity index (χ4n) is 2.10. The van der Waals surface area contributed by atoms with Gasteiger partial charge in [-0.15, -0.1) is 0 Å². The number of halogens is 1. The van der Waals surface area contributed by atoms with Gasteiger partial charge in [-0.3, -0.25) is 4.90 Å². The summed E-state index contributed by atoms with van der Waals surface area (Å²) in [5.74, 6) is 0.705. The number of rotatable bonds is 4. The number of piperazine rings is 1. The van der Waals surface area contributed by atoms with Gasteiger partial charge in [-0.25, -0.2) is 13.4 Å². The smallest absolute Gasteiger partial charge is 0.262 e. The number of hydrogen-bond acceptors (Lipinski definition) is 4. The highest BCUT2D eigenvalue weighted by atomic mass is 79.9. The first-order valence-electron chi connectivity index (χ1n) is 6.23. The van der Waals surface area contributed by atoms with Gasteiger partial charge in [-0.1, -0.05) is 15.9 Å². The maximum atomic E-state index is 12.4. The van der Waals surface area contributed by atoms with Crippen molar-refractivity contribution in [3.05, 3.63) is 12.0 Å². The van der Waals surface area contributed by atoms with Crippen LogP contribution in [0.2, 0.25) is 0 Å². The zero-order chi connectivity index (χ0) is 14.0. The molecule has 108 valence electrons. The van der Waals surface area contributed by atoms with Crippen LogP contribution in [0.3, 0.4) is 0 Å². The molecule has 2 heterocycles. The van der Waals surface area contributed by atoms with Gasteiger partial charge in [0.25, 0.3) is 10.0 Å². The fraction of sp³-hybridized carbons (Fsp3) is 0.727. The van der Waals surface area contributed by atoms with Crippen molar-refractivity contribution in [2.75, 3.05) is 38.1 Å². The highest BCUT2D eigenvalue weighted by molar-refractivity contribution is 9.09. The lowest BCUT2D eigenvalue weighted by atomic mass is 10.4. The van der Waals surface area contributed by atoms with E-state index in [-0.39, 0.29) is 5.03 Å². The van der Waals surface area contributed by atoms with Gasteiger partial charge in [0.1, 0.15) is 5.82 Å². The SMILES string of the molecule is Cc1nc(S(=O)(=O)N2CCN(CCBr)CC2)cn1C. The summed E-state index contributed by atoms with van der Waals surface area (Å²) in [5.41, 5.74) is 0. The second kappa shape index (κ2) is 5.90. The summed E-state index contributed by atoms with van der Waals surface area (Å²) in [5, 5.41) is 1.07. The molecule has 0 unspecified atom stereocenters. The number of alkyl halides is 1. The molecule has 0 spiro atoms. The third-order valence-electron chi connectivity index (χ3n) is 3.42. The average Bonchev–Trinajstić information content (AvgIpc) is 2.71. The first-order chi connectivity index (χ1) is 8.95. The maximum Gasteiger partial charge on any atom is 0.262 e. The quantitative estimate of drug-likeness (QED) is 0.739. The van der Waals surface area contributed by atoms with E-state index >= 15 is 0 Å². The monoisotopic (exact) mass is 350 g/mol. The number of nitrogens with zero attached hydrogens (tertiary/aromatic N) is 4. The predicted molar refractivity (Wildman–Crippen MR) is 76.9 cm³/mol. The van der Waals surface area contributed by atoms with Crippen LogP contribution < -0.4 is 0 Å². The summed E-state index contributed by atoms with van der Waals surface area (Å²) < 4.78 is 28.1. The molecule has 1 aromatic rings. The Labute approximate surface area is 122 Å². The second-order valence-corrected chi connectivity index (χ2v) is 7.35. The molecule has 1 saturated heterocycles. The van der Waals surface area contributed by atoms with E-state index < -0.39 is 10.0 Å². The van der Waals surface area contributed by atoms with Gasteiger partial charge in [0, 0.05) is 51.3 Å². The Morgan fingerprint density at radius 3 is 2.42 bits per heavy atom. The molecule has 0 atom stereocenters. The second-order valence-electron chi connectivity index (χ2n) is 4.67. The minimum atomic E-state index is -3.44. The van der Waals surface area contributed by atoms with Gasteiger partial charge < -0.3 is 4.57 Å². The van der Waals surface area contributed by atoms with Crippen LogP contribution in [0.15, 0.2) is 11.2 Å². The number of aromatic nitrogens is 2. The van der Waals surface area contributed by atoms with E-state index in [0.29, 0.717) is 18.9 Å². The summed E-state index contributed by atoms with van der Waals surface area (Å²) >= 11 is 3.40. The Morgan fingerprint density at radius 2 is 1.95 bits per heavy atom. The molecule has 0 N–H and O–H groups in total. The van der Waals surface area contributed by atoms with E-state index in [9.17, 15) is 8.42 Å². The van der Waals surface area contributed by atoms with Crippen LogP contribution in [0, 0.1) is 6.92 Å². The number of sulfonamides is 1. The molecule has 0 aromatic carbocycles. The zero-order valence-electron chi connectivity index (χ0n) is 11.2. The number of imidazole rings is 1. The van der Waals surface area contributed by atoms with Crippen molar-refractivity contribution < 1.29 is 8.42 Å². The number of hydrogen-bond donors (Lipinski definition) is 0. The van der Waals surface area contributed by atoms with Crippen LogP contribution in [0.1, 0.15) is 5.82 Å². The molecule has 0 amide bonds. The maximum absolute atomic E-state index is 12.4. The lowest BCUT2D eigenvalue weighted by Gasteiger charge is -2.33. The minimum absolute atomic E-state index is 0.154. The minimum Gasteiger partial charge on any atom is -0.337 e. The molecule has 0 radical (unpaired) electrons. The molecule has 1 fully saturated rings. The molecule has 1 aliphatic rings. The van der Waals surface area contributed by atoms with Gasteiger partial charge in [0.2, 0.25) is 0 Å². The molecule has 8 heteroatoms. The van der Waals surface area contributed by atoms with E-state index in [2.05, 4.69) is 25.8 Å². The van der Waals surface area contributed by atoms with E-state index in [1.54, 1.807) is 24.7 Å². The van der Waals surface area contributed by atoms with Crippen molar-refractivity contribution >= 4 is 26.0 Å². The topological polar surface area (TPSA) is 58.4 Å². The average molecular weight is 351 g/mol. The molecule has 19 heavy (non-hydrogen) atoms. The molecular formula is C11H19BrN4O2S. The Balaban J connectivity index is 2.09. The largest absolute Gasteiger partial charge is 0.337 e. The molecule has 2 rings (SSSR count). The van der Waals surface area contributed by atoms with Crippen molar-refractivity contribution in [3.8, 4) is 0 Å². The molecule has 6 nitrogen and oxygen atoms in total. The van der Waals surface area contributed by atoms with Gasteiger partial charge in [0.05, 0.1) is 0 Å². The Morgan fingerprint density at radius 1 is 1.32 bits per heavy atom. The molecule has 0 aliphatic carbocycles. The van der Waals surface area contributed by atoms with Gasteiger partial charge in [-0.05, 0) is 6.92 Å². The van der Waals surface area contributed by atoms with E-state index in [1.165, 1.54) is 4.31 Å². The molecule has 1 aromatic heterocycles. The summed E-state index contributed by atoms with van der Waals surface area (Å²) in [6.45, 7) is 5.37. The molecule has 1 aliphatic heterocycles. The fourth-order valence-corrected chi connectivity index (χ4v) is 4.04. The molecule has 0 saturated carbocycles. The molecule has 0 bridgehead atoms. The van der Waals surface area contributed by atoms with Crippen LogP contribution >= 0.6 is 15.9 Å². The van der Waals surface area contributed by atoms with Crippen molar-refractivity contribution in [2.24, 2.45) is 7.05 Å². The Hall–Kier alpha value is -0.440. The standard InChI is InChI=1S/C11H19BrN4O2S/c1-10-13-11(9-14(10)2)19(17,18)16-7-5-15(4-3-12)6-8-16/h9H,3-8H2,1-2H3. The van der Waals surface area contributed by atoms with Crippen molar-refractivity contribution in [3.63, 3.8) is 0 Å². The van der Waals surface area contributed by atoms with Crippen LogP contribution in [-0.4, -0.2) is 65.2 Å². The summed E-state index contributed by atoms with van der Waals surface area (Å²) in [6, 6.07) is 0.